The largest absolute Gasteiger partial charge is 0.369 e. The molecule has 0 aliphatic heterocycles. The van der Waals surface area contributed by atoms with E-state index in [1.165, 1.54) is 0 Å². The predicted molar refractivity (Wildman–Crippen MR) is 60.7 cm³/mol. The van der Waals surface area contributed by atoms with Gasteiger partial charge in [0.25, 0.3) is 0 Å². The van der Waals surface area contributed by atoms with Crippen molar-refractivity contribution in [1.82, 2.24) is 4.98 Å². The Balaban J connectivity index is 1.81. The van der Waals surface area contributed by atoms with E-state index in [2.05, 4.69) is 10.3 Å². The van der Waals surface area contributed by atoms with Gasteiger partial charge in [-0.25, -0.2) is 4.98 Å². The Bertz CT molecular complexity index is 317. The Hall–Kier alpha value is -1.10. The van der Waals surface area contributed by atoms with Gasteiger partial charge in [0.1, 0.15) is 0 Å². The summed E-state index contributed by atoms with van der Waals surface area (Å²) in [6.45, 7) is 0. The number of aromatic nitrogens is 1. The van der Waals surface area contributed by atoms with E-state index in [0.717, 1.165) is 30.8 Å². The maximum absolute atomic E-state index is 11.0. The molecule has 1 amide bonds. The number of rotatable bonds is 3. The van der Waals surface area contributed by atoms with Crippen molar-refractivity contribution in [2.75, 3.05) is 5.32 Å². The fraction of sp³-hybridized carbons (Fsp3) is 0.600. The first-order valence-electron chi connectivity index (χ1n) is 5.21. The van der Waals surface area contributed by atoms with Crippen molar-refractivity contribution >= 4 is 22.4 Å². The third-order valence-electron chi connectivity index (χ3n) is 2.89. The zero-order chi connectivity index (χ0) is 10.7. The lowest BCUT2D eigenvalue weighted by Crippen LogP contribution is -2.32. The van der Waals surface area contributed by atoms with Crippen molar-refractivity contribution in [2.24, 2.45) is 11.7 Å². The molecule has 1 heterocycles. The quantitative estimate of drug-likeness (QED) is 0.821. The number of carbonyl (C=O) groups is 1. The SMILES string of the molecule is NC(=O)C1CCC(Nc2nccs2)CC1. The topological polar surface area (TPSA) is 68.0 Å². The van der Waals surface area contributed by atoms with E-state index in [1.807, 2.05) is 5.38 Å². The molecular weight excluding hydrogens is 210 g/mol. The lowest BCUT2D eigenvalue weighted by Gasteiger charge is -2.27. The Kier molecular flexibility index (Phi) is 3.20. The van der Waals surface area contributed by atoms with E-state index in [9.17, 15) is 4.79 Å². The molecule has 1 aliphatic rings. The summed E-state index contributed by atoms with van der Waals surface area (Å²) < 4.78 is 0. The fourth-order valence-corrected chi connectivity index (χ4v) is 2.60. The van der Waals surface area contributed by atoms with Gasteiger partial charge in [0.15, 0.2) is 5.13 Å². The van der Waals surface area contributed by atoms with Crippen LogP contribution in [-0.2, 0) is 4.79 Å². The van der Waals surface area contributed by atoms with E-state index >= 15 is 0 Å². The first kappa shape index (κ1) is 10.4. The number of nitrogens with zero attached hydrogens (tertiary/aromatic N) is 1. The molecule has 1 fully saturated rings. The van der Waals surface area contributed by atoms with Crippen molar-refractivity contribution in [1.29, 1.82) is 0 Å². The van der Waals surface area contributed by atoms with Crippen LogP contribution < -0.4 is 11.1 Å². The Labute approximate surface area is 92.9 Å². The predicted octanol–water partition coefficient (Wildman–Crippen LogP) is 1.60. The van der Waals surface area contributed by atoms with Crippen molar-refractivity contribution in [3.8, 4) is 0 Å². The van der Waals surface area contributed by atoms with Crippen LogP contribution in [-0.4, -0.2) is 16.9 Å². The molecule has 0 atom stereocenters. The number of anilines is 1. The molecular formula is C10H15N3OS. The van der Waals surface area contributed by atoms with Gasteiger partial charge in [-0.1, -0.05) is 0 Å². The Morgan fingerprint density at radius 2 is 2.20 bits per heavy atom. The molecule has 3 N–H and O–H groups in total. The highest BCUT2D eigenvalue weighted by Gasteiger charge is 2.24. The molecule has 0 bridgehead atoms. The van der Waals surface area contributed by atoms with Crippen LogP contribution in [0, 0.1) is 5.92 Å². The molecule has 82 valence electrons. The number of nitrogens with two attached hydrogens (primary N) is 1. The monoisotopic (exact) mass is 225 g/mol. The summed E-state index contributed by atoms with van der Waals surface area (Å²) >= 11 is 1.61. The summed E-state index contributed by atoms with van der Waals surface area (Å²) in [5, 5.41) is 6.30. The highest BCUT2D eigenvalue weighted by Crippen LogP contribution is 2.26. The lowest BCUT2D eigenvalue weighted by molar-refractivity contribution is -0.122. The molecule has 15 heavy (non-hydrogen) atoms. The van der Waals surface area contributed by atoms with E-state index in [0.29, 0.717) is 6.04 Å². The molecule has 2 rings (SSSR count). The third kappa shape index (κ3) is 2.68. The molecule has 1 aliphatic carbocycles. The van der Waals surface area contributed by atoms with Crippen LogP contribution in [0.15, 0.2) is 11.6 Å². The van der Waals surface area contributed by atoms with Crippen LogP contribution in [0.25, 0.3) is 0 Å². The van der Waals surface area contributed by atoms with Crippen LogP contribution in [0.2, 0.25) is 0 Å². The lowest BCUT2D eigenvalue weighted by atomic mass is 9.86. The molecule has 0 unspecified atom stereocenters. The van der Waals surface area contributed by atoms with Gasteiger partial charge in [0.2, 0.25) is 5.91 Å². The average Bonchev–Trinajstić information content (AvgIpc) is 2.71. The van der Waals surface area contributed by atoms with Gasteiger partial charge < -0.3 is 11.1 Å². The second-order valence-electron chi connectivity index (χ2n) is 3.93. The molecule has 1 aromatic heterocycles. The van der Waals surface area contributed by atoms with Gasteiger partial charge in [-0.2, -0.15) is 0 Å². The standard InChI is InChI=1S/C10H15N3OS/c11-9(14)7-1-3-8(4-2-7)13-10-12-5-6-15-10/h5-8H,1-4H2,(H2,11,14)(H,12,13). The molecule has 5 heteroatoms. The first-order valence-corrected chi connectivity index (χ1v) is 6.09. The molecule has 0 spiro atoms. The highest BCUT2D eigenvalue weighted by molar-refractivity contribution is 7.13. The van der Waals surface area contributed by atoms with Gasteiger partial charge in [-0.3, -0.25) is 4.79 Å². The van der Waals surface area contributed by atoms with Gasteiger partial charge in [-0.05, 0) is 25.7 Å². The Morgan fingerprint density at radius 3 is 2.73 bits per heavy atom. The highest BCUT2D eigenvalue weighted by atomic mass is 32.1. The molecule has 0 aromatic carbocycles. The van der Waals surface area contributed by atoms with Crippen LogP contribution in [0.3, 0.4) is 0 Å². The van der Waals surface area contributed by atoms with Crippen molar-refractivity contribution in [3.63, 3.8) is 0 Å². The molecule has 0 radical (unpaired) electrons. The van der Waals surface area contributed by atoms with Crippen LogP contribution in [0.1, 0.15) is 25.7 Å². The summed E-state index contributed by atoms with van der Waals surface area (Å²) in [6.07, 6.45) is 5.61. The van der Waals surface area contributed by atoms with E-state index in [1.54, 1.807) is 17.5 Å². The number of nitrogens with one attached hydrogen (secondary N) is 1. The minimum atomic E-state index is -0.150. The van der Waals surface area contributed by atoms with Crippen LogP contribution in [0.4, 0.5) is 5.13 Å². The van der Waals surface area contributed by atoms with E-state index in [4.69, 9.17) is 5.73 Å². The zero-order valence-corrected chi connectivity index (χ0v) is 9.30. The van der Waals surface area contributed by atoms with Crippen LogP contribution in [0.5, 0.6) is 0 Å². The zero-order valence-electron chi connectivity index (χ0n) is 8.48. The second-order valence-corrected chi connectivity index (χ2v) is 4.83. The van der Waals surface area contributed by atoms with Gasteiger partial charge in [0.05, 0.1) is 0 Å². The normalized spacial score (nSPS) is 26.1. The van der Waals surface area contributed by atoms with Crippen molar-refractivity contribution in [2.45, 2.75) is 31.7 Å². The van der Waals surface area contributed by atoms with E-state index in [-0.39, 0.29) is 11.8 Å². The second kappa shape index (κ2) is 4.61. The molecule has 1 saturated carbocycles. The molecule has 1 aromatic rings. The number of hydrogen-bond donors (Lipinski definition) is 2. The first-order chi connectivity index (χ1) is 7.25. The molecule has 4 nitrogen and oxygen atoms in total. The van der Waals surface area contributed by atoms with Gasteiger partial charge >= 0.3 is 0 Å². The number of primary amides is 1. The maximum Gasteiger partial charge on any atom is 0.220 e. The number of thiazole rings is 1. The molecule has 0 saturated heterocycles. The third-order valence-corrected chi connectivity index (χ3v) is 3.59. The van der Waals surface area contributed by atoms with E-state index < -0.39 is 0 Å². The summed E-state index contributed by atoms with van der Waals surface area (Å²) in [4.78, 5) is 15.1. The Morgan fingerprint density at radius 1 is 1.47 bits per heavy atom. The van der Waals surface area contributed by atoms with Crippen molar-refractivity contribution < 1.29 is 4.79 Å². The minimum absolute atomic E-state index is 0.0827. The summed E-state index contributed by atoms with van der Waals surface area (Å²) in [5.41, 5.74) is 5.28. The van der Waals surface area contributed by atoms with Crippen molar-refractivity contribution in [3.05, 3.63) is 11.6 Å². The van der Waals surface area contributed by atoms with Crippen LogP contribution >= 0.6 is 11.3 Å². The fourth-order valence-electron chi connectivity index (χ4n) is 1.99. The number of carbonyl (C=O) groups excluding carboxylic acids is 1. The number of amides is 1. The van der Waals surface area contributed by atoms with Gasteiger partial charge in [0, 0.05) is 23.5 Å². The minimum Gasteiger partial charge on any atom is -0.369 e. The maximum atomic E-state index is 11.0. The smallest absolute Gasteiger partial charge is 0.220 e. The van der Waals surface area contributed by atoms with Gasteiger partial charge in [-0.15, -0.1) is 11.3 Å². The summed E-state index contributed by atoms with van der Waals surface area (Å²) in [7, 11) is 0. The average molecular weight is 225 g/mol. The summed E-state index contributed by atoms with van der Waals surface area (Å²) in [6, 6.07) is 0.451. The summed E-state index contributed by atoms with van der Waals surface area (Å²) in [5.74, 6) is -0.0676. The number of hydrogen-bond acceptors (Lipinski definition) is 4.